The molecule has 0 saturated carbocycles. The number of guanidine groups is 1. The summed E-state index contributed by atoms with van der Waals surface area (Å²) < 4.78 is 0. The van der Waals surface area contributed by atoms with E-state index in [9.17, 15) is 5.21 Å². The van der Waals surface area contributed by atoms with Crippen LogP contribution >= 0.6 is 0 Å². The molecule has 0 fully saturated rings. The Morgan fingerprint density at radius 3 is 3.13 bits per heavy atom. The Morgan fingerprint density at radius 1 is 1.40 bits per heavy atom. The molecular formula is C10H12N4O. The van der Waals surface area contributed by atoms with Crippen molar-refractivity contribution in [2.24, 2.45) is 10.8 Å². The van der Waals surface area contributed by atoms with Crippen LogP contribution < -0.4 is 16.2 Å². The Hall–Kier alpha value is -1.59. The van der Waals surface area contributed by atoms with Gasteiger partial charge in [0, 0.05) is 5.56 Å². The lowest BCUT2D eigenvalue weighted by molar-refractivity contribution is -0.784. The zero-order chi connectivity index (χ0) is 10.4. The van der Waals surface area contributed by atoms with E-state index in [-0.39, 0.29) is 11.1 Å². The number of rotatable bonds is 0. The Kier molecular flexibility index (Phi) is 1.71. The van der Waals surface area contributed by atoms with Crippen molar-refractivity contribution in [3.05, 3.63) is 28.5 Å². The molecule has 2 aliphatic rings. The van der Waals surface area contributed by atoms with Crippen LogP contribution in [0, 0.1) is 5.21 Å². The second kappa shape index (κ2) is 2.95. The SMILES string of the molecule is NC1=N[NH+]([O-])c2c(ccc3c2CCC3)N1. The molecule has 1 heterocycles. The van der Waals surface area contributed by atoms with Crippen molar-refractivity contribution >= 4 is 17.3 Å². The van der Waals surface area contributed by atoms with Gasteiger partial charge in [-0.25, -0.2) is 5.17 Å². The Morgan fingerprint density at radius 2 is 2.27 bits per heavy atom. The normalized spacial score (nSPS) is 22.7. The molecule has 78 valence electrons. The van der Waals surface area contributed by atoms with Gasteiger partial charge >= 0.3 is 0 Å². The molecule has 1 aromatic rings. The van der Waals surface area contributed by atoms with E-state index in [0.29, 0.717) is 0 Å². The van der Waals surface area contributed by atoms with E-state index in [1.807, 2.05) is 6.07 Å². The second-order valence-electron chi connectivity index (χ2n) is 3.91. The summed E-state index contributed by atoms with van der Waals surface area (Å²) in [4.78, 5) is 0. The Labute approximate surface area is 87.1 Å². The molecule has 3 rings (SSSR count). The molecule has 1 aliphatic heterocycles. The minimum atomic E-state index is -0.208. The van der Waals surface area contributed by atoms with Gasteiger partial charge in [-0.15, -0.1) is 0 Å². The number of quaternary nitrogens is 1. The Bertz CT molecular complexity index is 455. The van der Waals surface area contributed by atoms with Crippen LogP contribution in [0.5, 0.6) is 0 Å². The van der Waals surface area contributed by atoms with Gasteiger partial charge in [0.25, 0.3) is 5.96 Å². The summed E-state index contributed by atoms with van der Waals surface area (Å²) in [6.07, 6.45) is 3.16. The van der Waals surface area contributed by atoms with E-state index in [1.54, 1.807) is 0 Å². The number of nitrogens with one attached hydrogen (secondary N) is 2. The molecule has 0 spiro atoms. The van der Waals surface area contributed by atoms with Gasteiger partial charge in [-0.05, 0) is 36.0 Å². The average molecular weight is 204 g/mol. The average Bonchev–Trinajstić information content (AvgIpc) is 2.63. The summed E-state index contributed by atoms with van der Waals surface area (Å²) in [5.41, 5.74) is 9.46. The molecule has 1 unspecified atom stereocenters. The number of hydrogen-bond donors (Lipinski definition) is 3. The number of hydrogen-bond acceptors (Lipinski definition) is 4. The number of aryl methyl sites for hydroxylation is 1. The van der Waals surface area contributed by atoms with E-state index in [1.165, 1.54) is 5.56 Å². The maximum atomic E-state index is 11.7. The van der Waals surface area contributed by atoms with Gasteiger partial charge in [0.2, 0.25) is 0 Å². The summed E-state index contributed by atoms with van der Waals surface area (Å²) in [5.74, 6) is 0.186. The van der Waals surface area contributed by atoms with E-state index in [2.05, 4.69) is 16.5 Å². The first-order chi connectivity index (χ1) is 7.25. The number of nitrogens with zero attached hydrogens (tertiary/aromatic N) is 1. The quantitative estimate of drug-likeness (QED) is 0.514. The number of benzene rings is 1. The van der Waals surface area contributed by atoms with Crippen molar-refractivity contribution in [2.45, 2.75) is 19.3 Å². The van der Waals surface area contributed by atoms with Crippen molar-refractivity contribution < 1.29 is 5.17 Å². The third-order valence-corrected chi connectivity index (χ3v) is 2.98. The predicted molar refractivity (Wildman–Crippen MR) is 57.7 cm³/mol. The van der Waals surface area contributed by atoms with Crippen LogP contribution in [0.1, 0.15) is 17.5 Å². The number of fused-ring (bicyclic) bond motifs is 3. The van der Waals surface area contributed by atoms with Crippen LogP contribution in [-0.2, 0) is 12.8 Å². The van der Waals surface area contributed by atoms with Gasteiger partial charge in [0.05, 0.1) is 0 Å². The van der Waals surface area contributed by atoms with E-state index in [0.717, 1.165) is 36.2 Å². The smallest absolute Gasteiger partial charge is 0.252 e. The van der Waals surface area contributed by atoms with Crippen molar-refractivity contribution in [3.8, 4) is 0 Å². The van der Waals surface area contributed by atoms with Gasteiger partial charge in [-0.2, -0.15) is 0 Å². The van der Waals surface area contributed by atoms with E-state index in [4.69, 9.17) is 5.73 Å². The third-order valence-electron chi connectivity index (χ3n) is 2.98. The molecule has 0 bridgehead atoms. The lowest BCUT2D eigenvalue weighted by Gasteiger charge is -2.25. The predicted octanol–water partition coefficient (Wildman–Crippen LogP) is -0.155. The minimum absolute atomic E-state index is 0.186. The highest BCUT2D eigenvalue weighted by Crippen LogP contribution is 2.33. The summed E-state index contributed by atoms with van der Waals surface area (Å²) in [6, 6.07) is 3.99. The summed E-state index contributed by atoms with van der Waals surface area (Å²) in [5, 5.41) is 18.2. The van der Waals surface area contributed by atoms with Gasteiger partial charge in [0.15, 0.2) is 5.69 Å². The second-order valence-corrected chi connectivity index (χ2v) is 3.91. The number of anilines is 1. The van der Waals surface area contributed by atoms with Gasteiger partial charge in [-0.3, -0.25) is 0 Å². The molecule has 0 saturated heterocycles. The van der Waals surface area contributed by atoms with Crippen LogP contribution in [0.25, 0.3) is 0 Å². The molecule has 0 radical (unpaired) electrons. The molecule has 1 atom stereocenters. The van der Waals surface area contributed by atoms with Crippen LogP contribution in [0.3, 0.4) is 0 Å². The largest absolute Gasteiger partial charge is 0.601 e. The van der Waals surface area contributed by atoms with E-state index < -0.39 is 0 Å². The zero-order valence-electron chi connectivity index (χ0n) is 8.21. The van der Waals surface area contributed by atoms with E-state index >= 15 is 0 Å². The van der Waals surface area contributed by atoms with Crippen LogP contribution in [0.2, 0.25) is 0 Å². The van der Waals surface area contributed by atoms with Crippen molar-refractivity contribution in [3.63, 3.8) is 0 Å². The monoisotopic (exact) mass is 204 g/mol. The van der Waals surface area contributed by atoms with Crippen LogP contribution in [0.4, 0.5) is 11.4 Å². The minimum Gasteiger partial charge on any atom is -0.601 e. The van der Waals surface area contributed by atoms with Gasteiger partial charge in [0.1, 0.15) is 5.69 Å². The van der Waals surface area contributed by atoms with Gasteiger partial charge < -0.3 is 16.3 Å². The fourth-order valence-corrected chi connectivity index (χ4v) is 2.35. The first-order valence-corrected chi connectivity index (χ1v) is 5.06. The molecule has 0 aromatic heterocycles. The highest BCUT2D eigenvalue weighted by molar-refractivity contribution is 5.96. The topological polar surface area (TPSA) is 77.9 Å². The molecule has 4 N–H and O–H groups in total. The molecule has 1 aliphatic carbocycles. The van der Waals surface area contributed by atoms with Crippen molar-refractivity contribution in [1.29, 1.82) is 0 Å². The zero-order valence-corrected chi connectivity index (χ0v) is 8.21. The lowest BCUT2D eigenvalue weighted by Crippen LogP contribution is -2.98. The third kappa shape index (κ3) is 1.20. The summed E-state index contributed by atoms with van der Waals surface area (Å²) in [6.45, 7) is 0. The van der Waals surface area contributed by atoms with Gasteiger partial charge in [-0.1, -0.05) is 6.07 Å². The first kappa shape index (κ1) is 8.70. The van der Waals surface area contributed by atoms with Crippen molar-refractivity contribution in [1.82, 2.24) is 0 Å². The van der Waals surface area contributed by atoms with Crippen LogP contribution in [-0.4, -0.2) is 5.96 Å². The Balaban J connectivity index is 2.19. The first-order valence-electron chi connectivity index (χ1n) is 5.06. The molecular weight excluding hydrogens is 192 g/mol. The molecule has 0 amide bonds. The standard InChI is InChI=1S/C10H12N4O/c11-10-12-8-5-4-6-2-1-3-7(6)9(8)14(15)13-10/h4-5,14H,1-3H2,(H3,11,12,13). The van der Waals surface area contributed by atoms with Crippen LogP contribution in [0.15, 0.2) is 17.2 Å². The maximum absolute atomic E-state index is 11.7. The molecule has 5 nitrogen and oxygen atoms in total. The number of nitrogens with two attached hydrogens (primary N) is 1. The lowest BCUT2D eigenvalue weighted by atomic mass is 10.1. The summed E-state index contributed by atoms with van der Waals surface area (Å²) >= 11 is 0. The van der Waals surface area contributed by atoms with Crippen molar-refractivity contribution in [2.75, 3.05) is 5.32 Å². The molecule has 15 heavy (non-hydrogen) atoms. The highest BCUT2D eigenvalue weighted by atomic mass is 16.5. The fraction of sp³-hybridized carbons (Fsp3) is 0.300. The maximum Gasteiger partial charge on any atom is 0.252 e. The fourth-order valence-electron chi connectivity index (χ4n) is 2.35. The highest BCUT2D eigenvalue weighted by Gasteiger charge is 2.26. The molecule has 5 heteroatoms. The summed E-state index contributed by atoms with van der Waals surface area (Å²) in [7, 11) is 0. The molecule has 1 aromatic carbocycles.